The zero-order chi connectivity index (χ0) is 15.0. The van der Waals surface area contributed by atoms with Crippen LogP contribution in [0.15, 0.2) is 30.3 Å². The largest absolute Gasteiger partial charge is 0.353 e. The number of hydrogen-bond donors (Lipinski definition) is 2. The van der Waals surface area contributed by atoms with Gasteiger partial charge >= 0.3 is 0 Å². The van der Waals surface area contributed by atoms with Crippen molar-refractivity contribution in [2.45, 2.75) is 39.3 Å². The zero-order valence-electron chi connectivity index (χ0n) is 12.8. The molecule has 2 atom stereocenters. The van der Waals surface area contributed by atoms with Crippen molar-refractivity contribution in [3.8, 4) is 0 Å². The number of nitrogens with zero attached hydrogens (tertiary/aromatic N) is 1. The second-order valence-electron chi connectivity index (χ2n) is 4.91. The van der Waals surface area contributed by atoms with Crippen LogP contribution in [0.4, 0.5) is 0 Å². The summed E-state index contributed by atoms with van der Waals surface area (Å²) in [5.41, 5.74) is 6.98. The van der Waals surface area contributed by atoms with Crippen molar-refractivity contribution in [1.82, 2.24) is 10.2 Å². The van der Waals surface area contributed by atoms with E-state index in [9.17, 15) is 4.79 Å². The Morgan fingerprint density at radius 1 is 1.20 bits per heavy atom. The summed E-state index contributed by atoms with van der Waals surface area (Å²) >= 11 is 0. The number of carbonyl (C=O) groups is 1. The Kier molecular flexibility index (Phi) is 7.26. The predicted molar refractivity (Wildman–Crippen MR) is 83.4 cm³/mol. The lowest BCUT2D eigenvalue weighted by Crippen LogP contribution is -2.44. The van der Waals surface area contributed by atoms with E-state index >= 15 is 0 Å². The Bertz CT molecular complexity index is 390. The van der Waals surface area contributed by atoms with E-state index in [1.165, 1.54) is 5.56 Å². The second-order valence-corrected chi connectivity index (χ2v) is 4.91. The molecule has 0 aliphatic heterocycles. The fourth-order valence-electron chi connectivity index (χ4n) is 2.31. The maximum atomic E-state index is 11.9. The monoisotopic (exact) mass is 277 g/mol. The molecule has 0 bridgehead atoms. The molecule has 0 aromatic heterocycles. The molecule has 0 saturated heterocycles. The van der Waals surface area contributed by atoms with Crippen LogP contribution in [0.1, 0.15) is 38.8 Å². The summed E-state index contributed by atoms with van der Waals surface area (Å²) in [4.78, 5) is 14.2. The molecule has 4 heteroatoms. The van der Waals surface area contributed by atoms with E-state index in [1.807, 2.05) is 25.1 Å². The average Bonchev–Trinajstić information content (AvgIpc) is 2.51. The first-order valence-corrected chi connectivity index (χ1v) is 7.46. The van der Waals surface area contributed by atoms with Crippen LogP contribution in [-0.2, 0) is 4.79 Å². The van der Waals surface area contributed by atoms with Gasteiger partial charge in [-0.2, -0.15) is 0 Å². The van der Waals surface area contributed by atoms with Crippen LogP contribution < -0.4 is 11.1 Å². The van der Waals surface area contributed by atoms with Crippen LogP contribution in [0.5, 0.6) is 0 Å². The molecule has 2 unspecified atom stereocenters. The highest BCUT2D eigenvalue weighted by atomic mass is 16.2. The summed E-state index contributed by atoms with van der Waals surface area (Å²) in [5.74, 6) is -0.0689. The van der Waals surface area contributed by atoms with Crippen LogP contribution >= 0.6 is 0 Å². The van der Waals surface area contributed by atoms with Crippen LogP contribution in [0.2, 0.25) is 0 Å². The van der Waals surface area contributed by atoms with Gasteiger partial charge in [-0.3, -0.25) is 9.69 Å². The number of nitrogens with two attached hydrogens (primary N) is 1. The molecule has 112 valence electrons. The Balaban J connectivity index is 2.76. The molecule has 0 aliphatic rings. The van der Waals surface area contributed by atoms with Gasteiger partial charge in [0, 0.05) is 6.54 Å². The van der Waals surface area contributed by atoms with Gasteiger partial charge in [0.25, 0.3) is 0 Å². The molecule has 1 aromatic carbocycles. The Morgan fingerprint density at radius 2 is 1.80 bits per heavy atom. The number of hydrogen-bond acceptors (Lipinski definition) is 3. The number of benzene rings is 1. The van der Waals surface area contributed by atoms with Crippen molar-refractivity contribution in [1.29, 1.82) is 0 Å². The van der Waals surface area contributed by atoms with E-state index in [0.717, 1.165) is 13.1 Å². The fourth-order valence-corrected chi connectivity index (χ4v) is 2.31. The van der Waals surface area contributed by atoms with Crippen molar-refractivity contribution < 1.29 is 4.79 Å². The highest BCUT2D eigenvalue weighted by molar-refractivity contribution is 5.81. The van der Waals surface area contributed by atoms with Gasteiger partial charge in [0.2, 0.25) is 5.91 Å². The smallest absolute Gasteiger partial charge is 0.236 e. The van der Waals surface area contributed by atoms with Gasteiger partial charge in [-0.05, 0) is 25.1 Å². The second kappa shape index (κ2) is 8.72. The maximum Gasteiger partial charge on any atom is 0.236 e. The van der Waals surface area contributed by atoms with Crippen LogP contribution in [0.25, 0.3) is 0 Å². The Hall–Kier alpha value is -1.39. The molecule has 0 radical (unpaired) electrons. The molecule has 1 rings (SSSR count). The van der Waals surface area contributed by atoms with Gasteiger partial charge in [-0.15, -0.1) is 0 Å². The van der Waals surface area contributed by atoms with Gasteiger partial charge in [0.15, 0.2) is 0 Å². The highest BCUT2D eigenvalue weighted by Gasteiger charge is 2.19. The molecule has 0 spiro atoms. The molecule has 0 aliphatic carbocycles. The lowest BCUT2D eigenvalue weighted by molar-refractivity contribution is -0.122. The van der Waals surface area contributed by atoms with Crippen molar-refractivity contribution in [3.63, 3.8) is 0 Å². The molecule has 1 aromatic rings. The predicted octanol–water partition coefficient (Wildman–Crippen LogP) is 1.92. The van der Waals surface area contributed by atoms with E-state index in [1.54, 1.807) is 0 Å². The molecule has 3 N–H and O–H groups in total. The van der Waals surface area contributed by atoms with Crippen molar-refractivity contribution >= 4 is 5.91 Å². The summed E-state index contributed by atoms with van der Waals surface area (Å²) in [6.45, 7) is 8.69. The quantitative estimate of drug-likeness (QED) is 0.763. The fraction of sp³-hybridized carbons (Fsp3) is 0.562. The maximum absolute atomic E-state index is 11.9. The third kappa shape index (κ3) is 4.62. The van der Waals surface area contributed by atoms with Crippen LogP contribution in [0.3, 0.4) is 0 Å². The first kappa shape index (κ1) is 16.7. The molecular formula is C16H27N3O. The van der Waals surface area contributed by atoms with Gasteiger partial charge in [0.05, 0.1) is 12.1 Å². The van der Waals surface area contributed by atoms with Gasteiger partial charge in [-0.25, -0.2) is 0 Å². The number of rotatable bonds is 8. The minimum atomic E-state index is -0.414. The molecule has 20 heavy (non-hydrogen) atoms. The van der Waals surface area contributed by atoms with Gasteiger partial charge in [-0.1, -0.05) is 51.1 Å². The summed E-state index contributed by atoms with van der Waals surface area (Å²) in [5, 5.41) is 2.98. The number of nitrogens with one attached hydrogen (secondary N) is 1. The Morgan fingerprint density at radius 3 is 2.30 bits per heavy atom. The van der Waals surface area contributed by atoms with E-state index in [2.05, 4.69) is 36.2 Å². The molecule has 0 heterocycles. The topological polar surface area (TPSA) is 58.4 Å². The lowest BCUT2D eigenvalue weighted by Gasteiger charge is -2.30. The van der Waals surface area contributed by atoms with E-state index in [0.29, 0.717) is 13.0 Å². The molecule has 0 fully saturated rings. The zero-order valence-corrected chi connectivity index (χ0v) is 12.8. The summed E-state index contributed by atoms with van der Waals surface area (Å²) < 4.78 is 0. The lowest BCUT2D eigenvalue weighted by atomic mass is 10.0. The minimum absolute atomic E-state index is 0.0689. The van der Waals surface area contributed by atoms with Crippen LogP contribution in [-0.4, -0.2) is 36.5 Å². The van der Waals surface area contributed by atoms with E-state index < -0.39 is 6.04 Å². The van der Waals surface area contributed by atoms with Crippen molar-refractivity contribution in [2.24, 2.45) is 5.73 Å². The Labute approximate surface area is 122 Å². The summed E-state index contributed by atoms with van der Waals surface area (Å²) in [7, 11) is 0. The summed E-state index contributed by atoms with van der Waals surface area (Å²) in [6, 6.07) is 10.1. The van der Waals surface area contributed by atoms with Crippen LogP contribution in [0, 0.1) is 0 Å². The van der Waals surface area contributed by atoms with Gasteiger partial charge in [0.1, 0.15) is 0 Å². The number of amides is 1. The van der Waals surface area contributed by atoms with E-state index in [-0.39, 0.29) is 11.9 Å². The third-order valence-electron chi connectivity index (χ3n) is 3.68. The minimum Gasteiger partial charge on any atom is -0.353 e. The van der Waals surface area contributed by atoms with E-state index in [4.69, 9.17) is 5.73 Å². The highest BCUT2D eigenvalue weighted by Crippen LogP contribution is 2.19. The average molecular weight is 277 g/mol. The normalized spacial score (nSPS) is 14.1. The van der Waals surface area contributed by atoms with Crippen molar-refractivity contribution in [3.05, 3.63) is 35.9 Å². The first-order valence-electron chi connectivity index (χ1n) is 7.46. The molecule has 4 nitrogen and oxygen atoms in total. The number of likely N-dealkylation sites (N-methyl/N-ethyl adjacent to an activating group) is 1. The summed E-state index contributed by atoms with van der Waals surface area (Å²) in [6.07, 6.45) is 0.660. The molecular weight excluding hydrogens is 250 g/mol. The SMILES string of the molecule is CCC(N)C(=O)NCC(c1ccccc1)N(CC)CC. The van der Waals surface area contributed by atoms with Crippen molar-refractivity contribution in [2.75, 3.05) is 19.6 Å². The van der Waals surface area contributed by atoms with Gasteiger partial charge < -0.3 is 11.1 Å². The number of carbonyl (C=O) groups excluding carboxylic acids is 1. The third-order valence-corrected chi connectivity index (χ3v) is 3.68. The molecule has 0 saturated carbocycles. The standard InChI is InChI=1S/C16H27N3O/c1-4-14(17)16(20)18-12-15(19(5-2)6-3)13-10-8-7-9-11-13/h7-11,14-15H,4-6,12,17H2,1-3H3,(H,18,20). The molecule has 1 amide bonds. The first-order chi connectivity index (χ1) is 9.63.